The molecule has 2 N–H and O–H groups in total. The van der Waals surface area contributed by atoms with E-state index in [1.807, 2.05) is 0 Å². The highest BCUT2D eigenvalue weighted by Crippen LogP contribution is 2.29. The first-order chi connectivity index (χ1) is 9.24. The Balaban J connectivity index is 2.83. The van der Waals surface area contributed by atoms with Crippen molar-refractivity contribution in [1.82, 2.24) is 0 Å². The quantitative estimate of drug-likeness (QED) is 0.845. The molecule has 2 unspecified atom stereocenters. The molecule has 0 aliphatic heterocycles. The van der Waals surface area contributed by atoms with Crippen LogP contribution in [0.4, 0.5) is 13.2 Å². The van der Waals surface area contributed by atoms with E-state index in [0.29, 0.717) is 6.42 Å². The summed E-state index contributed by atoms with van der Waals surface area (Å²) < 4.78 is 39.7. The minimum Gasteiger partial charge on any atom is -0.481 e. The fraction of sp³-hybridized carbons (Fsp3) is 0.462. The van der Waals surface area contributed by atoms with Crippen LogP contribution in [0.5, 0.6) is 5.75 Å². The summed E-state index contributed by atoms with van der Waals surface area (Å²) in [5, 5.41) is 19.0. The van der Waals surface area contributed by atoms with Crippen molar-refractivity contribution in [3.8, 4) is 5.75 Å². The van der Waals surface area contributed by atoms with Crippen LogP contribution in [0.15, 0.2) is 24.3 Å². The van der Waals surface area contributed by atoms with Gasteiger partial charge in [-0.05, 0) is 24.1 Å². The molecule has 0 bridgehead atoms. The third-order valence-corrected chi connectivity index (χ3v) is 2.75. The van der Waals surface area contributed by atoms with Gasteiger partial charge in [0.2, 0.25) is 0 Å². The first-order valence-electron chi connectivity index (χ1n) is 6.01. The average Bonchev–Trinajstić information content (AvgIpc) is 2.33. The fourth-order valence-corrected chi connectivity index (χ4v) is 1.83. The Morgan fingerprint density at radius 3 is 2.25 bits per heavy atom. The van der Waals surface area contributed by atoms with E-state index in [2.05, 4.69) is 4.74 Å². The number of rotatable bonds is 6. The first kappa shape index (κ1) is 16.3. The molecular formula is C13H15F3O4. The third kappa shape index (κ3) is 4.73. The Morgan fingerprint density at radius 1 is 1.30 bits per heavy atom. The molecule has 2 atom stereocenters. The number of halogens is 3. The van der Waals surface area contributed by atoms with E-state index in [1.54, 1.807) is 6.92 Å². The average molecular weight is 292 g/mol. The van der Waals surface area contributed by atoms with Crippen LogP contribution in [0.1, 0.15) is 31.4 Å². The zero-order valence-electron chi connectivity index (χ0n) is 10.7. The highest BCUT2D eigenvalue weighted by atomic mass is 19.4. The summed E-state index contributed by atoms with van der Waals surface area (Å²) in [4.78, 5) is 11.0. The molecule has 0 aliphatic carbocycles. The van der Waals surface area contributed by atoms with Crippen molar-refractivity contribution in [2.45, 2.75) is 32.2 Å². The molecule has 0 saturated heterocycles. The lowest BCUT2D eigenvalue weighted by atomic mass is 9.92. The van der Waals surface area contributed by atoms with E-state index in [0.717, 1.165) is 12.1 Å². The maximum atomic E-state index is 12.0. The molecule has 0 fully saturated rings. The first-order valence-corrected chi connectivity index (χ1v) is 6.01. The summed E-state index contributed by atoms with van der Waals surface area (Å²) >= 11 is 0. The van der Waals surface area contributed by atoms with Crippen LogP contribution in [-0.2, 0) is 4.79 Å². The Morgan fingerprint density at radius 2 is 1.85 bits per heavy atom. The van der Waals surface area contributed by atoms with Gasteiger partial charge in [0.25, 0.3) is 0 Å². The number of benzene rings is 1. The lowest BCUT2D eigenvalue weighted by molar-refractivity contribution is -0.274. The van der Waals surface area contributed by atoms with E-state index < -0.39 is 30.1 Å². The van der Waals surface area contributed by atoms with Gasteiger partial charge in [-0.1, -0.05) is 25.5 Å². The normalized spacial score (nSPS) is 14.7. The van der Waals surface area contributed by atoms with Crippen LogP contribution in [0.2, 0.25) is 0 Å². The van der Waals surface area contributed by atoms with Crippen molar-refractivity contribution >= 4 is 5.97 Å². The van der Waals surface area contributed by atoms with Gasteiger partial charge in [0.15, 0.2) is 0 Å². The van der Waals surface area contributed by atoms with Gasteiger partial charge < -0.3 is 14.9 Å². The zero-order valence-corrected chi connectivity index (χ0v) is 10.7. The second-order valence-corrected chi connectivity index (χ2v) is 4.30. The van der Waals surface area contributed by atoms with Gasteiger partial charge in [-0.3, -0.25) is 4.79 Å². The molecular weight excluding hydrogens is 277 g/mol. The summed E-state index contributed by atoms with van der Waals surface area (Å²) in [6.45, 7) is 1.78. The zero-order chi connectivity index (χ0) is 15.3. The molecule has 112 valence electrons. The van der Waals surface area contributed by atoms with Gasteiger partial charge in [0, 0.05) is 0 Å². The summed E-state index contributed by atoms with van der Waals surface area (Å²) in [5.41, 5.74) is 0.236. The van der Waals surface area contributed by atoms with Gasteiger partial charge in [-0.25, -0.2) is 0 Å². The molecule has 1 aromatic carbocycles. The molecule has 0 heterocycles. The molecule has 20 heavy (non-hydrogen) atoms. The van der Waals surface area contributed by atoms with E-state index in [1.165, 1.54) is 12.1 Å². The molecule has 0 radical (unpaired) electrons. The van der Waals surface area contributed by atoms with Crippen LogP contribution in [0.3, 0.4) is 0 Å². The Bertz CT molecular complexity index is 442. The van der Waals surface area contributed by atoms with E-state index >= 15 is 0 Å². The van der Waals surface area contributed by atoms with Crippen molar-refractivity contribution in [1.29, 1.82) is 0 Å². The van der Waals surface area contributed by atoms with Gasteiger partial charge in [-0.15, -0.1) is 13.2 Å². The largest absolute Gasteiger partial charge is 0.573 e. The third-order valence-electron chi connectivity index (χ3n) is 2.75. The van der Waals surface area contributed by atoms with Crippen molar-refractivity contribution in [3.05, 3.63) is 29.8 Å². The molecule has 1 rings (SSSR count). The Labute approximate surface area is 113 Å². The highest BCUT2D eigenvalue weighted by Gasteiger charge is 2.31. The smallest absolute Gasteiger partial charge is 0.481 e. The van der Waals surface area contributed by atoms with Crippen molar-refractivity contribution in [3.63, 3.8) is 0 Å². The van der Waals surface area contributed by atoms with Gasteiger partial charge in [-0.2, -0.15) is 0 Å². The highest BCUT2D eigenvalue weighted by molar-refractivity contribution is 5.71. The van der Waals surface area contributed by atoms with Crippen LogP contribution in [0.25, 0.3) is 0 Å². The molecule has 1 aromatic rings. The van der Waals surface area contributed by atoms with Crippen LogP contribution in [-0.4, -0.2) is 22.5 Å². The Kier molecular flexibility index (Phi) is 5.38. The maximum Gasteiger partial charge on any atom is 0.573 e. The van der Waals surface area contributed by atoms with Crippen molar-refractivity contribution < 1.29 is 32.9 Å². The second-order valence-electron chi connectivity index (χ2n) is 4.30. The Hall–Kier alpha value is -1.76. The number of aliphatic hydroxyl groups excluding tert-OH is 1. The van der Waals surface area contributed by atoms with Crippen LogP contribution < -0.4 is 4.74 Å². The second kappa shape index (κ2) is 6.60. The number of alkyl halides is 3. The molecule has 0 saturated carbocycles. The molecule has 0 amide bonds. The van der Waals surface area contributed by atoms with Gasteiger partial charge in [0.1, 0.15) is 5.75 Å². The van der Waals surface area contributed by atoms with E-state index in [9.17, 15) is 23.1 Å². The predicted molar refractivity (Wildman–Crippen MR) is 64.1 cm³/mol. The predicted octanol–water partition coefficient (Wildman–Crippen LogP) is 3.12. The number of carboxylic acids is 1. The van der Waals surface area contributed by atoms with Crippen LogP contribution in [0, 0.1) is 5.92 Å². The lowest BCUT2D eigenvalue weighted by Crippen LogP contribution is -2.22. The summed E-state index contributed by atoms with van der Waals surface area (Å²) in [5.74, 6) is -2.56. The standard InChI is InChI=1S/C13H15F3O4/c1-2-3-10(12(18)19)11(17)8-4-6-9(7-5-8)20-13(14,15)16/h4-7,10-11,17H,2-3H2,1H3,(H,18,19). The number of hydrogen-bond acceptors (Lipinski definition) is 3. The minimum atomic E-state index is -4.79. The maximum absolute atomic E-state index is 12.0. The number of carbonyl (C=O) groups is 1. The number of carboxylic acid groups (broad SMARTS) is 1. The lowest BCUT2D eigenvalue weighted by Gasteiger charge is -2.19. The van der Waals surface area contributed by atoms with E-state index in [4.69, 9.17) is 5.11 Å². The van der Waals surface area contributed by atoms with E-state index in [-0.39, 0.29) is 12.0 Å². The summed E-state index contributed by atoms with van der Waals surface area (Å²) in [6.07, 6.45) is -5.21. The summed E-state index contributed by atoms with van der Waals surface area (Å²) in [7, 11) is 0. The number of ether oxygens (including phenoxy) is 1. The molecule has 0 aromatic heterocycles. The molecule has 4 nitrogen and oxygen atoms in total. The molecule has 7 heteroatoms. The van der Waals surface area contributed by atoms with Crippen LogP contribution >= 0.6 is 0 Å². The summed E-state index contributed by atoms with van der Waals surface area (Å²) in [6, 6.07) is 4.52. The molecule has 0 spiro atoms. The topological polar surface area (TPSA) is 66.8 Å². The monoisotopic (exact) mass is 292 g/mol. The van der Waals surface area contributed by atoms with Crippen molar-refractivity contribution in [2.24, 2.45) is 5.92 Å². The number of aliphatic carboxylic acids is 1. The van der Waals surface area contributed by atoms with Gasteiger partial charge in [0.05, 0.1) is 12.0 Å². The van der Waals surface area contributed by atoms with Gasteiger partial charge >= 0.3 is 12.3 Å². The fourth-order valence-electron chi connectivity index (χ4n) is 1.83. The minimum absolute atomic E-state index is 0.236. The number of aliphatic hydroxyl groups is 1. The van der Waals surface area contributed by atoms with Crippen molar-refractivity contribution in [2.75, 3.05) is 0 Å². The molecule has 0 aliphatic rings. The number of hydrogen-bond donors (Lipinski definition) is 2. The SMILES string of the molecule is CCCC(C(=O)O)C(O)c1ccc(OC(F)(F)F)cc1.